The summed E-state index contributed by atoms with van der Waals surface area (Å²) in [4.78, 5) is 81.1. The molecule has 304 valence electrons. The van der Waals surface area contributed by atoms with Crippen molar-refractivity contribution in [3.63, 3.8) is 0 Å². The number of para-hydroxylation sites is 2. The number of unbranched alkanes of at least 4 members (excludes halogenated alkanes) is 1. The predicted octanol–water partition coefficient (Wildman–Crippen LogP) is 4.11. The summed E-state index contributed by atoms with van der Waals surface area (Å²) in [7, 11) is 0. The number of fused-ring (bicyclic) bond motifs is 1. The summed E-state index contributed by atoms with van der Waals surface area (Å²) in [6.45, 7) is 7.22. The van der Waals surface area contributed by atoms with Crippen LogP contribution < -0.4 is 37.6 Å². The van der Waals surface area contributed by atoms with E-state index in [4.69, 9.17) is 10.5 Å². The molecule has 0 aliphatic heterocycles. The number of hydrogen-bond acceptors (Lipinski definition) is 7. The highest BCUT2D eigenvalue weighted by Gasteiger charge is 2.29. The molecule has 1 heterocycles. The van der Waals surface area contributed by atoms with Crippen LogP contribution in [0.4, 0.5) is 15.3 Å². The van der Waals surface area contributed by atoms with Crippen LogP contribution in [0.15, 0.2) is 85.1 Å². The van der Waals surface area contributed by atoms with Crippen LogP contribution in [0.25, 0.3) is 10.9 Å². The van der Waals surface area contributed by atoms with Crippen molar-refractivity contribution >= 4 is 52.3 Å². The van der Waals surface area contributed by atoms with Crippen molar-refractivity contribution in [1.82, 2.24) is 31.6 Å². The van der Waals surface area contributed by atoms with E-state index in [0.717, 1.165) is 27.6 Å². The molecule has 0 spiro atoms. The van der Waals surface area contributed by atoms with Gasteiger partial charge in [-0.15, -0.1) is 0 Å². The lowest BCUT2D eigenvalue weighted by molar-refractivity contribution is -0.130. The van der Waals surface area contributed by atoms with Crippen LogP contribution in [0.2, 0.25) is 0 Å². The highest BCUT2D eigenvalue weighted by atomic mass is 16.6. The van der Waals surface area contributed by atoms with Crippen LogP contribution in [0.1, 0.15) is 63.1 Å². The zero-order chi connectivity index (χ0) is 41.4. The predicted molar refractivity (Wildman–Crippen MR) is 218 cm³/mol. The number of hydrogen-bond donors (Lipinski definition) is 8. The van der Waals surface area contributed by atoms with E-state index in [9.17, 15) is 28.8 Å². The first kappa shape index (κ1) is 43.3. The number of H-pyrrole nitrogens is 1. The number of ether oxygens (including phenoxy) is 1. The largest absolute Gasteiger partial charge is 0.444 e. The molecule has 0 aliphatic rings. The number of carbonyl (C=O) groups is 6. The summed E-state index contributed by atoms with van der Waals surface area (Å²) in [5.74, 6) is -2.36. The second-order valence-electron chi connectivity index (χ2n) is 14.8. The van der Waals surface area contributed by atoms with Crippen LogP contribution in [-0.4, -0.2) is 77.6 Å². The Hall–Kier alpha value is -6.38. The third-order valence-corrected chi connectivity index (χ3v) is 8.95. The van der Waals surface area contributed by atoms with E-state index in [2.05, 4.69) is 36.9 Å². The number of primary amides is 1. The van der Waals surface area contributed by atoms with Crippen molar-refractivity contribution in [2.24, 2.45) is 5.73 Å². The highest BCUT2D eigenvalue weighted by Crippen LogP contribution is 2.20. The maximum Gasteiger partial charge on any atom is 0.408 e. The molecule has 0 bridgehead atoms. The van der Waals surface area contributed by atoms with Crippen molar-refractivity contribution in [3.05, 3.63) is 102 Å². The molecular formula is C42H54N8O7. The summed E-state index contributed by atoms with van der Waals surface area (Å²) in [6, 6.07) is 20.5. The molecule has 7 amide bonds. The lowest BCUT2D eigenvalue weighted by Crippen LogP contribution is -2.55. The highest BCUT2D eigenvalue weighted by molar-refractivity contribution is 5.93. The van der Waals surface area contributed by atoms with Gasteiger partial charge in [0.25, 0.3) is 0 Å². The number of benzene rings is 3. The summed E-state index contributed by atoms with van der Waals surface area (Å²) in [5.41, 5.74) is 8.77. The SMILES string of the molecule is Cc1ccccc1NC(=O)NCCCC[C@H](NC(=O)[C@H](Cc1c[nH]c2ccccc12)NC(=O)OC(C)(C)C)C(=O)NCCC(=O)N[C@@H](Cc1ccccc1)C(N)=O. The van der Waals surface area contributed by atoms with Gasteiger partial charge in [0.05, 0.1) is 0 Å². The second-order valence-corrected chi connectivity index (χ2v) is 14.8. The van der Waals surface area contributed by atoms with E-state index >= 15 is 0 Å². The third-order valence-electron chi connectivity index (χ3n) is 8.95. The quantitative estimate of drug-likeness (QED) is 0.0650. The van der Waals surface area contributed by atoms with Crippen LogP contribution in [0.3, 0.4) is 0 Å². The topological polar surface area (TPSA) is 226 Å². The Morgan fingerprint density at radius 3 is 2.16 bits per heavy atom. The van der Waals surface area contributed by atoms with Crippen molar-refractivity contribution in [2.45, 2.75) is 89.9 Å². The van der Waals surface area contributed by atoms with Gasteiger partial charge >= 0.3 is 12.1 Å². The summed E-state index contributed by atoms with van der Waals surface area (Å²) < 4.78 is 5.46. The van der Waals surface area contributed by atoms with Gasteiger partial charge in [0.2, 0.25) is 23.6 Å². The van der Waals surface area contributed by atoms with Gasteiger partial charge in [-0.2, -0.15) is 0 Å². The van der Waals surface area contributed by atoms with Gasteiger partial charge in [-0.25, -0.2) is 9.59 Å². The molecule has 3 atom stereocenters. The number of aromatic amines is 1. The number of aryl methyl sites for hydroxylation is 1. The maximum absolute atomic E-state index is 14.0. The number of anilines is 1. The van der Waals surface area contributed by atoms with Crippen molar-refractivity contribution in [3.8, 4) is 0 Å². The number of nitrogens with two attached hydrogens (primary N) is 1. The van der Waals surface area contributed by atoms with E-state index in [1.807, 2.05) is 79.7 Å². The van der Waals surface area contributed by atoms with Crippen molar-refractivity contribution in [2.75, 3.05) is 18.4 Å². The number of alkyl carbamates (subject to hydrolysis) is 1. The molecule has 3 aromatic carbocycles. The zero-order valence-corrected chi connectivity index (χ0v) is 32.9. The minimum absolute atomic E-state index is 0.0908. The Morgan fingerprint density at radius 2 is 1.44 bits per heavy atom. The zero-order valence-electron chi connectivity index (χ0n) is 32.9. The Morgan fingerprint density at radius 1 is 0.737 bits per heavy atom. The number of urea groups is 1. The number of amides is 7. The van der Waals surface area contributed by atoms with Gasteiger partial charge < -0.3 is 47.4 Å². The maximum atomic E-state index is 14.0. The average molecular weight is 783 g/mol. The Kier molecular flexibility index (Phi) is 16.0. The first-order chi connectivity index (χ1) is 27.2. The van der Waals surface area contributed by atoms with E-state index in [0.29, 0.717) is 25.1 Å². The molecule has 1 aromatic heterocycles. The average Bonchev–Trinajstić information content (AvgIpc) is 3.56. The normalized spacial score (nSPS) is 12.7. The van der Waals surface area contributed by atoms with Gasteiger partial charge in [0, 0.05) is 55.1 Å². The molecule has 4 aromatic rings. The first-order valence-electron chi connectivity index (χ1n) is 19.0. The van der Waals surface area contributed by atoms with E-state index < -0.39 is 53.4 Å². The van der Waals surface area contributed by atoms with Crippen LogP contribution in [0, 0.1) is 6.92 Å². The first-order valence-corrected chi connectivity index (χ1v) is 19.0. The second kappa shape index (κ2) is 21.1. The van der Waals surface area contributed by atoms with Crippen LogP contribution in [0.5, 0.6) is 0 Å². The third kappa shape index (κ3) is 14.7. The lowest BCUT2D eigenvalue weighted by Gasteiger charge is -2.25. The lowest BCUT2D eigenvalue weighted by atomic mass is 10.0. The monoisotopic (exact) mass is 782 g/mol. The Balaban J connectivity index is 1.41. The smallest absolute Gasteiger partial charge is 0.408 e. The fourth-order valence-corrected chi connectivity index (χ4v) is 6.04. The molecule has 15 heteroatoms. The summed E-state index contributed by atoms with van der Waals surface area (Å²) in [6.07, 6.45) is 2.19. The molecule has 57 heavy (non-hydrogen) atoms. The van der Waals surface area contributed by atoms with Crippen molar-refractivity contribution < 1.29 is 33.5 Å². The molecule has 0 saturated carbocycles. The molecule has 0 aliphatic carbocycles. The molecule has 9 N–H and O–H groups in total. The van der Waals surface area contributed by atoms with Gasteiger partial charge in [0.15, 0.2) is 0 Å². The van der Waals surface area contributed by atoms with Gasteiger partial charge in [-0.3, -0.25) is 19.2 Å². The fourth-order valence-electron chi connectivity index (χ4n) is 6.04. The molecule has 0 radical (unpaired) electrons. The van der Waals surface area contributed by atoms with Gasteiger partial charge in [-0.05, 0) is 75.8 Å². The minimum atomic E-state index is -1.12. The van der Waals surface area contributed by atoms with Crippen LogP contribution >= 0.6 is 0 Å². The molecule has 0 unspecified atom stereocenters. The van der Waals surface area contributed by atoms with Gasteiger partial charge in [0.1, 0.15) is 23.7 Å². The minimum Gasteiger partial charge on any atom is -0.444 e. The van der Waals surface area contributed by atoms with E-state index in [-0.39, 0.29) is 38.3 Å². The van der Waals surface area contributed by atoms with Crippen LogP contribution in [-0.2, 0) is 36.8 Å². The van der Waals surface area contributed by atoms with Gasteiger partial charge in [-0.1, -0.05) is 66.7 Å². The summed E-state index contributed by atoms with van der Waals surface area (Å²) >= 11 is 0. The summed E-state index contributed by atoms with van der Waals surface area (Å²) in [5, 5.41) is 17.3. The standard InChI is InChI=1S/C42H54N8O7/c1-27-14-8-10-18-31(27)49-40(55)45-22-13-12-20-33(38(53)44-23-21-36(51)47-34(37(43)52)24-28-15-6-5-7-16-28)48-39(54)35(50-41(56)57-42(2,3)4)25-29-26-46-32-19-11-9-17-30(29)32/h5-11,14-19,26,33-35,46H,12-13,20-25H2,1-4H3,(H2,43,52)(H,44,53)(H,47,51)(H,48,54)(H,50,56)(H2,45,49,55)/t33-,34-,35-/m0/s1. The number of aromatic nitrogens is 1. The van der Waals surface area contributed by atoms with E-state index in [1.54, 1.807) is 33.0 Å². The molecule has 4 rings (SSSR count). The molecule has 0 saturated heterocycles. The number of rotatable bonds is 19. The van der Waals surface area contributed by atoms with Crippen molar-refractivity contribution in [1.29, 1.82) is 0 Å². The Bertz CT molecular complexity index is 1990. The molecular weight excluding hydrogens is 729 g/mol. The number of nitrogens with one attached hydrogen (secondary N) is 7. The fraction of sp³-hybridized carbons (Fsp3) is 0.381. The number of carbonyl (C=O) groups excluding carboxylic acids is 6. The molecule has 15 nitrogen and oxygen atoms in total. The molecule has 0 fully saturated rings. The van der Waals surface area contributed by atoms with E-state index in [1.165, 1.54) is 0 Å². The Labute approximate surface area is 332 Å².